The molecule has 1 fully saturated rings. The number of hydrogen-bond acceptors (Lipinski definition) is 5. The Labute approximate surface area is 214 Å². The van der Waals surface area contributed by atoms with Crippen LogP contribution in [-0.2, 0) is 20.6 Å². The van der Waals surface area contributed by atoms with E-state index in [0.29, 0.717) is 17.2 Å². The van der Waals surface area contributed by atoms with Gasteiger partial charge in [-0.3, -0.25) is 10.1 Å². The number of aliphatic hydroxyl groups excluding tert-OH is 1. The zero-order chi connectivity index (χ0) is 25.4. The molecule has 0 radical (unpaired) electrons. The van der Waals surface area contributed by atoms with Crippen LogP contribution in [0.25, 0.3) is 0 Å². The molecule has 3 aromatic rings. The minimum absolute atomic E-state index is 0.0191. The molecule has 5 nitrogen and oxygen atoms in total. The second-order valence-corrected chi connectivity index (χ2v) is 12.5. The molecule has 0 bridgehead atoms. The van der Waals surface area contributed by atoms with Crippen LogP contribution in [0.2, 0.25) is 0 Å². The van der Waals surface area contributed by atoms with E-state index in [1.54, 1.807) is 0 Å². The van der Waals surface area contributed by atoms with Gasteiger partial charge in [-0.15, -0.1) is 0 Å². The van der Waals surface area contributed by atoms with Crippen LogP contribution < -0.4 is 15.9 Å². The van der Waals surface area contributed by atoms with Gasteiger partial charge in [0, 0.05) is 17.2 Å². The minimum Gasteiger partial charge on any atom is -0.468 e. The molecule has 6 heteroatoms. The summed E-state index contributed by atoms with van der Waals surface area (Å²) in [5.41, 5.74) is 0.358. The van der Waals surface area contributed by atoms with E-state index in [-0.39, 0.29) is 5.92 Å². The van der Waals surface area contributed by atoms with Crippen molar-refractivity contribution in [2.75, 3.05) is 7.11 Å². The lowest BCUT2D eigenvalue weighted by Gasteiger charge is -2.41. The SMILES string of the molecule is COC(=O)[C@@H](NCc1ccccc1)[C@@H](O)[C@@H](C1CCCCC1)P(=O)(c1ccccc1)c1ccccc1. The van der Waals surface area contributed by atoms with Crippen molar-refractivity contribution in [1.29, 1.82) is 0 Å². The second kappa shape index (κ2) is 12.5. The van der Waals surface area contributed by atoms with E-state index in [1.165, 1.54) is 7.11 Å². The zero-order valence-electron chi connectivity index (χ0n) is 20.8. The Morgan fingerprint density at radius 3 is 1.89 bits per heavy atom. The molecule has 0 aromatic heterocycles. The fourth-order valence-electron chi connectivity index (χ4n) is 5.55. The Morgan fingerprint density at radius 2 is 1.39 bits per heavy atom. The summed E-state index contributed by atoms with van der Waals surface area (Å²) < 4.78 is 20.5. The van der Waals surface area contributed by atoms with E-state index < -0.39 is 30.9 Å². The van der Waals surface area contributed by atoms with Gasteiger partial charge < -0.3 is 14.4 Å². The van der Waals surface area contributed by atoms with Crippen molar-refractivity contribution in [3.63, 3.8) is 0 Å². The van der Waals surface area contributed by atoms with Crippen molar-refractivity contribution in [2.45, 2.75) is 56.5 Å². The molecule has 0 aliphatic heterocycles. The van der Waals surface area contributed by atoms with Crippen molar-refractivity contribution >= 4 is 23.7 Å². The topological polar surface area (TPSA) is 75.6 Å². The Bertz CT molecular complexity index is 1090. The molecule has 1 saturated carbocycles. The first-order valence-corrected chi connectivity index (χ1v) is 14.6. The molecule has 2 N–H and O–H groups in total. The first-order chi connectivity index (χ1) is 17.6. The summed E-state index contributed by atoms with van der Waals surface area (Å²) in [4.78, 5) is 13.0. The number of aliphatic hydroxyl groups is 1. The Morgan fingerprint density at radius 1 is 0.889 bits per heavy atom. The molecule has 3 aromatic carbocycles. The van der Waals surface area contributed by atoms with E-state index in [1.807, 2.05) is 91.0 Å². The fourth-order valence-corrected chi connectivity index (χ4v) is 9.26. The van der Waals surface area contributed by atoms with E-state index in [9.17, 15) is 9.90 Å². The molecular formula is C30H36NO4P. The predicted octanol–water partition coefficient (Wildman–Crippen LogP) is 4.64. The number of carbonyl (C=O) groups is 1. The number of rotatable bonds is 10. The molecule has 3 atom stereocenters. The van der Waals surface area contributed by atoms with E-state index in [4.69, 9.17) is 4.74 Å². The maximum atomic E-state index is 15.4. The maximum absolute atomic E-state index is 15.4. The molecule has 1 aliphatic carbocycles. The second-order valence-electron chi connectivity index (χ2n) is 9.58. The fraction of sp³-hybridized carbons (Fsp3) is 0.367. The summed E-state index contributed by atoms with van der Waals surface area (Å²) >= 11 is 0. The van der Waals surface area contributed by atoms with Gasteiger partial charge in [0.15, 0.2) is 0 Å². The minimum atomic E-state index is -3.36. The van der Waals surface area contributed by atoms with Crippen LogP contribution in [0.1, 0.15) is 37.7 Å². The molecule has 0 heterocycles. The van der Waals surface area contributed by atoms with Crippen molar-refractivity contribution in [1.82, 2.24) is 5.32 Å². The summed E-state index contributed by atoms with van der Waals surface area (Å²) in [6, 6.07) is 27.7. The first kappa shape index (κ1) is 26.3. The van der Waals surface area contributed by atoms with Gasteiger partial charge >= 0.3 is 5.97 Å². The highest BCUT2D eigenvalue weighted by Crippen LogP contribution is 2.55. The molecule has 0 saturated heterocycles. The van der Waals surface area contributed by atoms with Crippen LogP contribution in [0, 0.1) is 5.92 Å². The van der Waals surface area contributed by atoms with Crippen LogP contribution in [0.15, 0.2) is 91.0 Å². The lowest BCUT2D eigenvalue weighted by Crippen LogP contribution is -2.54. The molecule has 1 aliphatic rings. The van der Waals surface area contributed by atoms with Gasteiger partial charge in [0.2, 0.25) is 0 Å². The monoisotopic (exact) mass is 505 g/mol. The Balaban J connectivity index is 1.80. The molecule has 0 unspecified atom stereocenters. The molecular weight excluding hydrogens is 469 g/mol. The summed E-state index contributed by atoms with van der Waals surface area (Å²) in [5.74, 6) is -0.530. The number of esters is 1. The van der Waals surface area contributed by atoms with Crippen molar-refractivity contribution in [3.05, 3.63) is 96.6 Å². The molecule has 4 rings (SSSR count). The number of carbonyl (C=O) groups excluding carboxylic acids is 1. The van der Waals surface area contributed by atoms with Crippen LogP contribution >= 0.6 is 7.14 Å². The summed E-state index contributed by atoms with van der Waals surface area (Å²) in [6.45, 7) is 0.385. The highest BCUT2D eigenvalue weighted by atomic mass is 31.2. The molecule has 0 amide bonds. The average Bonchev–Trinajstić information content (AvgIpc) is 2.95. The number of methoxy groups -OCH3 is 1. The van der Waals surface area contributed by atoms with Crippen molar-refractivity contribution < 1.29 is 19.2 Å². The number of benzene rings is 3. The molecule has 190 valence electrons. The highest BCUT2D eigenvalue weighted by Gasteiger charge is 2.49. The predicted molar refractivity (Wildman–Crippen MR) is 145 cm³/mol. The van der Waals surface area contributed by atoms with Gasteiger partial charge in [-0.2, -0.15) is 0 Å². The van der Waals surface area contributed by atoms with E-state index >= 15 is 4.57 Å². The largest absolute Gasteiger partial charge is 0.468 e. The Kier molecular flexibility index (Phi) is 9.14. The van der Waals surface area contributed by atoms with Crippen molar-refractivity contribution in [2.24, 2.45) is 5.92 Å². The van der Waals surface area contributed by atoms with Gasteiger partial charge in [-0.05, 0) is 24.3 Å². The first-order valence-electron chi connectivity index (χ1n) is 12.8. The van der Waals surface area contributed by atoms with Gasteiger partial charge in [-0.1, -0.05) is 110 Å². The van der Waals surface area contributed by atoms with E-state index in [0.717, 1.165) is 37.7 Å². The van der Waals surface area contributed by atoms with Crippen LogP contribution in [0.4, 0.5) is 0 Å². The Hall–Kier alpha value is -2.72. The van der Waals surface area contributed by atoms with Gasteiger partial charge in [0.05, 0.1) is 18.9 Å². The lowest BCUT2D eigenvalue weighted by molar-refractivity contribution is -0.146. The summed E-state index contributed by atoms with van der Waals surface area (Å²) in [5, 5.41) is 16.7. The van der Waals surface area contributed by atoms with Crippen LogP contribution in [-0.4, -0.2) is 36.0 Å². The highest BCUT2D eigenvalue weighted by molar-refractivity contribution is 7.79. The summed E-state index contributed by atoms with van der Waals surface area (Å²) in [7, 11) is -2.03. The van der Waals surface area contributed by atoms with E-state index in [2.05, 4.69) is 5.32 Å². The van der Waals surface area contributed by atoms with Crippen LogP contribution in [0.3, 0.4) is 0 Å². The normalized spacial score (nSPS) is 17.2. The number of ether oxygens (including phenoxy) is 1. The van der Waals surface area contributed by atoms with Gasteiger partial charge in [-0.25, -0.2) is 0 Å². The summed E-state index contributed by atoms with van der Waals surface area (Å²) in [6.07, 6.45) is 3.73. The standard InChI is InChI=1S/C30H36NO4P/c1-35-30(33)27(31-22-23-14-6-2-7-15-23)28(32)29(24-16-8-3-9-17-24)36(34,25-18-10-4-11-19-25)26-20-12-5-13-21-26/h2,4-7,10-15,18-21,24,27-29,31-32H,3,8-9,16-17,22H2,1H3/t27-,28+,29+/m0/s1. The quantitative estimate of drug-likeness (QED) is 0.310. The van der Waals surface area contributed by atoms with Gasteiger partial charge in [0.1, 0.15) is 13.2 Å². The third-order valence-corrected chi connectivity index (χ3v) is 11.0. The molecule has 0 spiro atoms. The third kappa shape index (κ3) is 5.81. The zero-order valence-corrected chi connectivity index (χ0v) is 21.7. The molecule has 36 heavy (non-hydrogen) atoms. The van der Waals surface area contributed by atoms with Crippen molar-refractivity contribution in [3.8, 4) is 0 Å². The third-order valence-electron chi connectivity index (χ3n) is 7.35. The number of nitrogens with one attached hydrogen (secondary N) is 1. The van der Waals surface area contributed by atoms with Gasteiger partial charge in [0.25, 0.3) is 0 Å². The van der Waals surface area contributed by atoms with Crippen LogP contribution in [0.5, 0.6) is 0 Å². The number of hydrogen-bond donors (Lipinski definition) is 2. The maximum Gasteiger partial charge on any atom is 0.325 e. The smallest absolute Gasteiger partial charge is 0.325 e. The average molecular weight is 506 g/mol. The lowest BCUT2D eigenvalue weighted by atomic mass is 9.83.